The van der Waals surface area contributed by atoms with Gasteiger partial charge in [0, 0.05) is 54.4 Å². The summed E-state index contributed by atoms with van der Waals surface area (Å²) in [4.78, 5) is 30.6. The summed E-state index contributed by atoms with van der Waals surface area (Å²) in [5, 5.41) is 19.4. The first-order chi connectivity index (χ1) is 18.3. The molecule has 0 aliphatic heterocycles. The van der Waals surface area contributed by atoms with Gasteiger partial charge in [0.1, 0.15) is 11.6 Å². The molecule has 1 saturated carbocycles. The van der Waals surface area contributed by atoms with Gasteiger partial charge in [-0.15, -0.1) is 0 Å². The first kappa shape index (κ1) is 25.5. The normalized spacial score (nSPS) is 17.2. The van der Waals surface area contributed by atoms with Gasteiger partial charge in [0.25, 0.3) is 11.6 Å². The molecule has 0 saturated heterocycles. The number of furan rings is 1. The number of hydrogen-bond donors (Lipinski definition) is 2. The van der Waals surface area contributed by atoms with E-state index in [1.54, 1.807) is 12.1 Å². The number of nitrogens with one attached hydrogen (secondary N) is 2. The first-order valence-electron chi connectivity index (χ1n) is 12.5. The molecule has 38 heavy (non-hydrogen) atoms. The van der Waals surface area contributed by atoms with Crippen LogP contribution in [0.1, 0.15) is 36.2 Å². The summed E-state index contributed by atoms with van der Waals surface area (Å²) < 4.78 is 5.69. The van der Waals surface area contributed by atoms with Crippen LogP contribution in [-0.2, 0) is 0 Å². The fourth-order valence-corrected chi connectivity index (χ4v) is 5.08. The highest BCUT2D eigenvalue weighted by Crippen LogP contribution is 2.34. The summed E-state index contributed by atoms with van der Waals surface area (Å²) in [5.41, 5.74) is 2.15. The molecule has 1 fully saturated rings. The number of anilines is 2. The van der Waals surface area contributed by atoms with Crippen molar-refractivity contribution in [3.05, 3.63) is 81.6 Å². The fourth-order valence-electron chi connectivity index (χ4n) is 4.92. The Bertz CT molecular complexity index is 1490. The first-order valence-corrected chi connectivity index (χ1v) is 12.8. The number of rotatable bonds is 7. The molecule has 10 heteroatoms. The number of nitro benzene ring substituents is 1. The van der Waals surface area contributed by atoms with Gasteiger partial charge in [-0.1, -0.05) is 29.8 Å². The number of benzene rings is 2. The number of amides is 1. The number of hydrogen-bond acceptors (Lipinski definition) is 7. The van der Waals surface area contributed by atoms with Crippen molar-refractivity contribution in [1.29, 1.82) is 0 Å². The van der Waals surface area contributed by atoms with E-state index in [1.807, 2.05) is 32.3 Å². The van der Waals surface area contributed by atoms with Crippen LogP contribution in [-0.4, -0.2) is 42.0 Å². The third-order valence-electron chi connectivity index (χ3n) is 6.84. The Balaban J connectivity index is 1.20. The van der Waals surface area contributed by atoms with Gasteiger partial charge in [-0.05, 0) is 56.0 Å². The number of nitrogens with zero attached hydrogens (tertiary/aromatic N) is 3. The highest BCUT2D eigenvalue weighted by molar-refractivity contribution is 6.30. The number of aromatic nitrogens is 1. The molecule has 0 unspecified atom stereocenters. The predicted octanol–water partition coefficient (Wildman–Crippen LogP) is 6.28. The molecule has 0 bridgehead atoms. The van der Waals surface area contributed by atoms with Crippen LogP contribution in [0.25, 0.3) is 22.2 Å². The van der Waals surface area contributed by atoms with E-state index < -0.39 is 4.92 Å². The second kappa shape index (κ2) is 10.7. The van der Waals surface area contributed by atoms with E-state index >= 15 is 0 Å². The van der Waals surface area contributed by atoms with Crippen LogP contribution >= 0.6 is 11.6 Å². The summed E-state index contributed by atoms with van der Waals surface area (Å²) in [6.45, 7) is 0. The van der Waals surface area contributed by atoms with Crippen LogP contribution in [0, 0.1) is 10.1 Å². The van der Waals surface area contributed by atoms with Crippen LogP contribution in [0.5, 0.6) is 0 Å². The minimum Gasteiger partial charge on any atom is -0.451 e. The largest absolute Gasteiger partial charge is 0.451 e. The minimum absolute atomic E-state index is 0.0147. The van der Waals surface area contributed by atoms with Gasteiger partial charge in [-0.25, -0.2) is 4.98 Å². The molecule has 2 aromatic carbocycles. The molecular weight excluding hydrogens is 506 g/mol. The number of fused-ring (bicyclic) bond motifs is 1. The van der Waals surface area contributed by atoms with Gasteiger partial charge in [0.2, 0.25) is 0 Å². The number of nitro groups is 1. The van der Waals surface area contributed by atoms with Gasteiger partial charge in [0.05, 0.1) is 16.0 Å². The quantitative estimate of drug-likeness (QED) is 0.212. The summed E-state index contributed by atoms with van der Waals surface area (Å²) in [6, 6.07) is 17.9. The van der Waals surface area contributed by atoms with Crippen molar-refractivity contribution < 1.29 is 14.1 Å². The van der Waals surface area contributed by atoms with Crippen LogP contribution in [0.3, 0.4) is 0 Å². The number of pyridine rings is 1. The van der Waals surface area contributed by atoms with Crippen molar-refractivity contribution in [3.63, 3.8) is 0 Å². The molecular formula is C28H28ClN5O4. The maximum Gasteiger partial charge on any atom is 0.287 e. The molecule has 2 N–H and O–H groups in total. The molecule has 0 atom stereocenters. The van der Waals surface area contributed by atoms with Crippen LogP contribution in [0.4, 0.5) is 17.2 Å². The average Bonchev–Trinajstić information content (AvgIpc) is 3.39. The number of carbonyl (C=O) groups is 1. The second-order valence-corrected chi connectivity index (χ2v) is 10.1. The SMILES string of the molecule is CN(C)c1cc(N[C@H]2CC[C@@H](NC(=O)c3ccc(-c4ccc(Cl)cc4[N+](=O)[O-])o3)CC2)nc2ccccc12. The molecule has 2 aromatic heterocycles. The third kappa shape index (κ3) is 5.43. The van der Waals surface area contributed by atoms with E-state index in [1.165, 1.54) is 18.2 Å². The summed E-state index contributed by atoms with van der Waals surface area (Å²) in [5.74, 6) is 0.864. The van der Waals surface area contributed by atoms with E-state index in [2.05, 4.69) is 27.7 Å². The molecule has 1 aliphatic carbocycles. The Morgan fingerprint density at radius 2 is 1.79 bits per heavy atom. The fraction of sp³-hybridized carbons (Fsp3) is 0.286. The second-order valence-electron chi connectivity index (χ2n) is 9.69. The third-order valence-corrected chi connectivity index (χ3v) is 7.08. The minimum atomic E-state index is -0.523. The van der Waals surface area contributed by atoms with E-state index in [9.17, 15) is 14.9 Å². The number of para-hydroxylation sites is 1. The Morgan fingerprint density at radius 3 is 2.53 bits per heavy atom. The van der Waals surface area contributed by atoms with Gasteiger partial charge in [-0.3, -0.25) is 14.9 Å². The van der Waals surface area contributed by atoms with Crippen molar-refractivity contribution in [2.45, 2.75) is 37.8 Å². The maximum atomic E-state index is 12.8. The van der Waals surface area contributed by atoms with Crippen molar-refractivity contribution in [1.82, 2.24) is 10.3 Å². The Labute approximate surface area is 224 Å². The zero-order chi connectivity index (χ0) is 26.8. The summed E-state index contributed by atoms with van der Waals surface area (Å²) >= 11 is 5.90. The number of carbonyl (C=O) groups excluding carboxylic acids is 1. The predicted molar refractivity (Wildman–Crippen MR) is 149 cm³/mol. The zero-order valence-corrected chi connectivity index (χ0v) is 21.9. The summed E-state index contributed by atoms with van der Waals surface area (Å²) in [6.07, 6.45) is 3.40. The van der Waals surface area contributed by atoms with E-state index in [-0.39, 0.29) is 45.8 Å². The van der Waals surface area contributed by atoms with Gasteiger partial charge < -0.3 is 20.0 Å². The molecule has 9 nitrogen and oxygen atoms in total. The zero-order valence-electron chi connectivity index (χ0n) is 21.1. The lowest BCUT2D eigenvalue weighted by Crippen LogP contribution is -2.40. The molecule has 2 heterocycles. The van der Waals surface area contributed by atoms with Crippen molar-refractivity contribution >= 4 is 45.6 Å². The van der Waals surface area contributed by atoms with Crippen molar-refractivity contribution in [2.24, 2.45) is 0 Å². The van der Waals surface area contributed by atoms with Crippen LogP contribution < -0.4 is 15.5 Å². The number of halogens is 1. The smallest absolute Gasteiger partial charge is 0.287 e. The van der Waals surface area contributed by atoms with Crippen LogP contribution in [0.15, 0.2) is 65.1 Å². The van der Waals surface area contributed by atoms with Crippen molar-refractivity contribution in [2.75, 3.05) is 24.3 Å². The summed E-state index contributed by atoms with van der Waals surface area (Å²) in [7, 11) is 4.05. The maximum absolute atomic E-state index is 12.8. The Kier molecular flexibility index (Phi) is 7.20. The molecule has 0 spiro atoms. The highest BCUT2D eigenvalue weighted by Gasteiger charge is 2.25. The topological polar surface area (TPSA) is 114 Å². The molecule has 5 rings (SSSR count). The molecule has 4 aromatic rings. The van der Waals surface area contributed by atoms with Gasteiger partial charge in [-0.2, -0.15) is 0 Å². The monoisotopic (exact) mass is 533 g/mol. The molecule has 196 valence electrons. The lowest BCUT2D eigenvalue weighted by molar-refractivity contribution is -0.384. The van der Waals surface area contributed by atoms with Gasteiger partial charge >= 0.3 is 0 Å². The Hall–Kier alpha value is -4.11. The lowest BCUT2D eigenvalue weighted by Gasteiger charge is -2.30. The van der Waals surface area contributed by atoms with Crippen molar-refractivity contribution in [3.8, 4) is 11.3 Å². The molecule has 0 radical (unpaired) electrons. The van der Waals surface area contributed by atoms with E-state index in [0.29, 0.717) is 0 Å². The standard InChI is InChI=1S/C28H28ClN5O4/c1-33(2)23-16-27(32-22-6-4-3-5-20(22)23)30-18-8-10-19(11-9-18)31-28(35)26-14-13-25(38-26)21-12-7-17(29)15-24(21)34(36)37/h3-7,12-16,18-19H,8-11H2,1-2H3,(H,30,32)(H,31,35)/t18-,19+. The van der Waals surface area contributed by atoms with Crippen LogP contribution in [0.2, 0.25) is 5.02 Å². The molecule has 1 aliphatic rings. The van der Waals surface area contributed by atoms with E-state index in [4.69, 9.17) is 21.0 Å². The lowest BCUT2D eigenvalue weighted by atomic mass is 9.91. The average molecular weight is 534 g/mol. The van der Waals surface area contributed by atoms with Gasteiger partial charge in [0.15, 0.2) is 5.76 Å². The molecule has 1 amide bonds. The Morgan fingerprint density at radius 1 is 1.05 bits per heavy atom. The van der Waals surface area contributed by atoms with E-state index in [0.717, 1.165) is 48.1 Å². The highest BCUT2D eigenvalue weighted by atomic mass is 35.5.